The Morgan fingerprint density at radius 1 is 1.35 bits per heavy atom. The number of nitrogens with zero attached hydrogens (tertiary/aromatic N) is 2. The van der Waals surface area contributed by atoms with Crippen molar-refractivity contribution in [3.8, 4) is 0 Å². The first-order valence-electron chi connectivity index (χ1n) is 7.10. The average Bonchev–Trinajstić information content (AvgIpc) is 2.46. The number of hydrogen-bond donors (Lipinski definition) is 1. The fourth-order valence-corrected chi connectivity index (χ4v) is 2.60. The predicted octanol–water partition coefficient (Wildman–Crippen LogP) is -0.0623. The molecule has 20 heavy (non-hydrogen) atoms. The summed E-state index contributed by atoms with van der Waals surface area (Å²) < 4.78 is 4.70. The molecule has 0 aliphatic carbocycles. The lowest BCUT2D eigenvalue weighted by atomic mass is 9.99. The fraction of sp³-hybridized carbons (Fsp3) is 0.857. The Morgan fingerprint density at radius 3 is 2.40 bits per heavy atom. The normalized spacial score (nSPS) is 18.4. The van der Waals surface area contributed by atoms with Crippen LogP contribution in [0.3, 0.4) is 0 Å². The third kappa shape index (κ3) is 3.93. The van der Waals surface area contributed by atoms with Crippen LogP contribution in [0.2, 0.25) is 0 Å². The van der Waals surface area contributed by atoms with Crippen molar-refractivity contribution in [2.75, 3.05) is 46.9 Å². The molecule has 1 heterocycles. The van der Waals surface area contributed by atoms with Gasteiger partial charge in [-0.2, -0.15) is 0 Å². The number of piperazine rings is 1. The van der Waals surface area contributed by atoms with Crippen molar-refractivity contribution in [2.24, 2.45) is 5.92 Å². The van der Waals surface area contributed by atoms with Gasteiger partial charge in [-0.3, -0.25) is 14.5 Å². The molecule has 116 valence electrons. The van der Waals surface area contributed by atoms with E-state index in [1.807, 2.05) is 13.8 Å². The van der Waals surface area contributed by atoms with Gasteiger partial charge >= 0.3 is 5.97 Å². The highest BCUT2D eigenvalue weighted by Crippen LogP contribution is 2.18. The van der Waals surface area contributed by atoms with E-state index in [0.29, 0.717) is 6.54 Å². The van der Waals surface area contributed by atoms with Gasteiger partial charge in [0, 0.05) is 39.8 Å². The average molecular weight is 285 g/mol. The van der Waals surface area contributed by atoms with Crippen LogP contribution < -0.4 is 5.32 Å². The SMILES string of the molecule is COC(=O)C(C)CN(C)C(=O)C(C)(C)N1CCNCC1. The van der Waals surface area contributed by atoms with E-state index in [1.54, 1.807) is 18.9 Å². The van der Waals surface area contributed by atoms with Crippen LogP contribution >= 0.6 is 0 Å². The first kappa shape index (κ1) is 16.9. The minimum Gasteiger partial charge on any atom is -0.469 e. The number of hydrogen-bond acceptors (Lipinski definition) is 5. The molecule has 1 fully saturated rings. The highest BCUT2D eigenvalue weighted by atomic mass is 16.5. The van der Waals surface area contributed by atoms with Crippen molar-refractivity contribution in [3.05, 3.63) is 0 Å². The van der Waals surface area contributed by atoms with Crippen molar-refractivity contribution < 1.29 is 14.3 Å². The van der Waals surface area contributed by atoms with Crippen molar-refractivity contribution >= 4 is 11.9 Å². The van der Waals surface area contributed by atoms with Gasteiger partial charge in [0.15, 0.2) is 0 Å². The van der Waals surface area contributed by atoms with Crippen LogP contribution in [0.25, 0.3) is 0 Å². The minimum atomic E-state index is -0.549. The molecule has 6 nitrogen and oxygen atoms in total. The predicted molar refractivity (Wildman–Crippen MR) is 77.3 cm³/mol. The summed E-state index contributed by atoms with van der Waals surface area (Å²) in [6.07, 6.45) is 0. The second-order valence-electron chi connectivity index (χ2n) is 5.91. The molecule has 1 atom stereocenters. The Bertz CT molecular complexity index is 352. The van der Waals surface area contributed by atoms with Gasteiger partial charge in [-0.1, -0.05) is 6.92 Å². The topological polar surface area (TPSA) is 61.9 Å². The minimum absolute atomic E-state index is 0.0372. The lowest BCUT2D eigenvalue weighted by molar-refractivity contribution is -0.148. The number of carbonyl (C=O) groups is 2. The molecule has 1 N–H and O–H groups in total. The molecule has 1 unspecified atom stereocenters. The number of esters is 1. The molecule has 1 saturated heterocycles. The van der Waals surface area contributed by atoms with Gasteiger partial charge in [-0.15, -0.1) is 0 Å². The van der Waals surface area contributed by atoms with E-state index >= 15 is 0 Å². The van der Waals surface area contributed by atoms with Crippen molar-refractivity contribution in [3.63, 3.8) is 0 Å². The van der Waals surface area contributed by atoms with Crippen LogP contribution in [0, 0.1) is 5.92 Å². The quantitative estimate of drug-likeness (QED) is 0.717. The molecule has 0 radical (unpaired) electrons. The molecule has 0 bridgehead atoms. The zero-order valence-corrected chi connectivity index (χ0v) is 13.2. The fourth-order valence-electron chi connectivity index (χ4n) is 2.60. The molecule has 0 aromatic rings. The summed E-state index contributed by atoms with van der Waals surface area (Å²) in [5, 5.41) is 3.28. The summed E-state index contributed by atoms with van der Waals surface area (Å²) >= 11 is 0. The molecule has 0 saturated carbocycles. The molecular weight excluding hydrogens is 258 g/mol. The second-order valence-corrected chi connectivity index (χ2v) is 5.91. The van der Waals surface area contributed by atoms with Gasteiger partial charge in [-0.25, -0.2) is 0 Å². The number of nitrogens with one attached hydrogen (secondary N) is 1. The maximum atomic E-state index is 12.6. The van der Waals surface area contributed by atoms with E-state index in [9.17, 15) is 9.59 Å². The van der Waals surface area contributed by atoms with Crippen LogP contribution in [0.4, 0.5) is 0 Å². The maximum Gasteiger partial charge on any atom is 0.310 e. The molecule has 0 aromatic heterocycles. The van der Waals surface area contributed by atoms with Gasteiger partial charge in [0.25, 0.3) is 0 Å². The maximum absolute atomic E-state index is 12.6. The van der Waals surface area contributed by atoms with Crippen LogP contribution in [-0.4, -0.2) is 74.1 Å². The van der Waals surface area contributed by atoms with E-state index in [-0.39, 0.29) is 17.8 Å². The summed E-state index contributed by atoms with van der Waals surface area (Å²) in [5.74, 6) is -0.562. The van der Waals surface area contributed by atoms with E-state index in [0.717, 1.165) is 26.2 Å². The van der Waals surface area contributed by atoms with E-state index in [2.05, 4.69) is 10.2 Å². The van der Waals surface area contributed by atoms with Crippen molar-refractivity contribution in [1.82, 2.24) is 15.1 Å². The molecule has 1 aliphatic heterocycles. The number of methoxy groups -OCH3 is 1. The molecule has 1 amide bonds. The Labute approximate surface area is 121 Å². The Kier molecular flexibility index (Phi) is 5.95. The van der Waals surface area contributed by atoms with Gasteiger partial charge in [0.05, 0.1) is 18.6 Å². The highest BCUT2D eigenvalue weighted by Gasteiger charge is 2.37. The molecule has 6 heteroatoms. The number of rotatable bonds is 5. The number of carbonyl (C=O) groups excluding carboxylic acids is 2. The number of ether oxygens (including phenoxy) is 1. The summed E-state index contributed by atoms with van der Waals surface area (Å²) in [6, 6.07) is 0. The second kappa shape index (κ2) is 7.04. The Morgan fingerprint density at radius 2 is 1.90 bits per heavy atom. The van der Waals surface area contributed by atoms with E-state index in [4.69, 9.17) is 4.74 Å². The van der Waals surface area contributed by atoms with Gasteiger partial charge in [-0.05, 0) is 13.8 Å². The summed E-state index contributed by atoms with van der Waals surface area (Å²) in [6.45, 7) is 9.56. The van der Waals surface area contributed by atoms with Gasteiger partial charge < -0.3 is 15.0 Å². The van der Waals surface area contributed by atoms with Gasteiger partial charge in [0.2, 0.25) is 5.91 Å². The lowest BCUT2D eigenvalue weighted by Crippen LogP contribution is -2.60. The standard InChI is InChI=1S/C14H27N3O3/c1-11(12(18)20-5)10-16(4)13(19)14(2,3)17-8-6-15-7-9-17/h11,15H,6-10H2,1-5H3. The third-order valence-electron chi connectivity index (χ3n) is 3.93. The van der Waals surface area contributed by atoms with Crippen molar-refractivity contribution in [1.29, 1.82) is 0 Å². The zero-order valence-electron chi connectivity index (χ0n) is 13.2. The van der Waals surface area contributed by atoms with Crippen LogP contribution in [0.5, 0.6) is 0 Å². The van der Waals surface area contributed by atoms with E-state index < -0.39 is 5.54 Å². The Balaban J connectivity index is 2.64. The summed E-state index contributed by atoms with van der Waals surface area (Å²) in [5.41, 5.74) is -0.549. The van der Waals surface area contributed by atoms with E-state index in [1.165, 1.54) is 7.11 Å². The Hall–Kier alpha value is -1.14. The smallest absolute Gasteiger partial charge is 0.310 e. The molecule has 0 spiro atoms. The molecule has 1 rings (SSSR count). The summed E-state index contributed by atoms with van der Waals surface area (Å²) in [7, 11) is 3.11. The van der Waals surface area contributed by atoms with Crippen LogP contribution in [-0.2, 0) is 14.3 Å². The highest BCUT2D eigenvalue weighted by molar-refractivity contribution is 5.85. The number of likely N-dealkylation sites (N-methyl/N-ethyl adjacent to an activating group) is 1. The molecule has 0 aromatic carbocycles. The number of amides is 1. The van der Waals surface area contributed by atoms with Gasteiger partial charge in [0.1, 0.15) is 0 Å². The summed E-state index contributed by atoms with van der Waals surface area (Å²) in [4.78, 5) is 27.9. The first-order valence-corrected chi connectivity index (χ1v) is 7.10. The van der Waals surface area contributed by atoms with Crippen LogP contribution in [0.15, 0.2) is 0 Å². The molecular formula is C14H27N3O3. The van der Waals surface area contributed by atoms with Crippen LogP contribution in [0.1, 0.15) is 20.8 Å². The zero-order chi connectivity index (χ0) is 15.3. The first-order chi connectivity index (χ1) is 9.30. The lowest BCUT2D eigenvalue weighted by Gasteiger charge is -2.42. The monoisotopic (exact) mass is 285 g/mol. The molecule has 1 aliphatic rings. The largest absolute Gasteiger partial charge is 0.469 e. The van der Waals surface area contributed by atoms with Crippen molar-refractivity contribution in [2.45, 2.75) is 26.3 Å². The third-order valence-corrected chi connectivity index (χ3v) is 3.93.